The van der Waals surface area contributed by atoms with E-state index in [-0.39, 0.29) is 5.97 Å². The van der Waals surface area contributed by atoms with E-state index >= 15 is 0 Å². The van der Waals surface area contributed by atoms with Crippen molar-refractivity contribution in [1.82, 2.24) is 5.32 Å². The highest BCUT2D eigenvalue weighted by Gasteiger charge is 2.42. The Morgan fingerprint density at radius 1 is 1.47 bits per heavy atom. The average molecular weight is 239 g/mol. The second-order valence-corrected chi connectivity index (χ2v) is 4.93. The smallest absolute Gasteiger partial charge is 0.326 e. The number of hydrogen-bond donors (Lipinski definition) is 1. The third kappa shape index (κ3) is 3.56. The van der Waals surface area contributed by atoms with Crippen LogP contribution in [-0.2, 0) is 9.53 Å². The van der Waals surface area contributed by atoms with E-state index < -0.39 is 5.54 Å². The Hall–Kier alpha value is -0.830. The molecule has 0 spiro atoms. The van der Waals surface area contributed by atoms with Gasteiger partial charge in [0.15, 0.2) is 0 Å². The van der Waals surface area contributed by atoms with Crippen LogP contribution >= 0.6 is 0 Å². The topological polar surface area (TPSA) is 38.3 Å². The molecular formula is C14H25NO2. The molecule has 0 aliphatic heterocycles. The normalized spacial score (nSPS) is 20.6. The molecule has 1 unspecified atom stereocenters. The lowest BCUT2D eigenvalue weighted by atomic mass is 9.75. The molecule has 1 fully saturated rings. The molecule has 0 aromatic heterocycles. The minimum atomic E-state index is -0.551. The van der Waals surface area contributed by atoms with Crippen LogP contribution in [0.4, 0.5) is 0 Å². The maximum absolute atomic E-state index is 12.2. The van der Waals surface area contributed by atoms with Gasteiger partial charge >= 0.3 is 5.97 Å². The standard InChI is InChI=1S/C14H25NO2/c1-4-11-15-14(3,13(16)17-5-2)12-9-7-6-8-10-12/h4,12,15H,1,5-11H2,2-3H3. The van der Waals surface area contributed by atoms with Gasteiger partial charge in [-0.2, -0.15) is 0 Å². The fourth-order valence-corrected chi connectivity index (χ4v) is 2.63. The second-order valence-electron chi connectivity index (χ2n) is 4.93. The Kier molecular flexibility index (Phi) is 5.69. The first kappa shape index (κ1) is 14.2. The van der Waals surface area contributed by atoms with Crippen molar-refractivity contribution in [1.29, 1.82) is 0 Å². The van der Waals surface area contributed by atoms with Gasteiger partial charge in [-0.3, -0.25) is 10.1 Å². The van der Waals surface area contributed by atoms with Crippen molar-refractivity contribution < 1.29 is 9.53 Å². The number of carbonyl (C=O) groups excluding carboxylic acids is 1. The molecule has 0 aromatic carbocycles. The van der Waals surface area contributed by atoms with E-state index in [0.29, 0.717) is 19.1 Å². The summed E-state index contributed by atoms with van der Waals surface area (Å²) >= 11 is 0. The highest BCUT2D eigenvalue weighted by molar-refractivity contribution is 5.80. The molecule has 0 radical (unpaired) electrons. The monoisotopic (exact) mass is 239 g/mol. The van der Waals surface area contributed by atoms with Gasteiger partial charge in [-0.1, -0.05) is 25.3 Å². The Labute approximate surface area is 105 Å². The van der Waals surface area contributed by atoms with Crippen LogP contribution in [0.15, 0.2) is 12.7 Å². The van der Waals surface area contributed by atoms with Crippen molar-refractivity contribution in [2.24, 2.45) is 5.92 Å². The molecule has 0 bridgehead atoms. The van der Waals surface area contributed by atoms with E-state index in [2.05, 4.69) is 11.9 Å². The van der Waals surface area contributed by atoms with Crippen LogP contribution in [0.3, 0.4) is 0 Å². The molecular weight excluding hydrogens is 214 g/mol. The van der Waals surface area contributed by atoms with Crippen LogP contribution < -0.4 is 5.32 Å². The van der Waals surface area contributed by atoms with E-state index in [1.165, 1.54) is 19.3 Å². The molecule has 1 rings (SSSR count). The number of ether oxygens (including phenoxy) is 1. The highest BCUT2D eigenvalue weighted by atomic mass is 16.5. The molecule has 17 heavy (non-hydrogen) atoms. The van der Waals surface area contributed by atoms with Gasteiger partial charge in [0, 0.05) is 6.54 Å². The number of hydrogen-bond acceptors (Lipinski definition) is 3. The molecule has 0 aromatic rings. The molecule has 3 nitrogen and oxygen atoms in total. The van der Waals surface area contributed by atoms with Crippen molar-refractivity contribution in [3.63, 3.8) is 0 Å². The summed E-state index contributed by atoms with van der Waals surface area (Å²) in [6.07, 6.45) is 7.74. The largest absolute Gasteiger partial charge is 0.465 e. The summed E-state index contributed by atoms with van der Waals surface area (Å²) in [6, 6.07) is 0. The van der Waals surface area contributed by atoms with Crippen LogP contribution in [0.25, 0.3) is 0 Å². The van der Waals surface area contributed by atoms with Gasteiger partial charge in [0.05, 0.1) is 6.61 Å². The van der Waals surface area contributed by atoms with Crippen LogP contribution in [0.2, 0.25) is 0 Å². The number of carbonyl (C=O) groups is 1. The summed E-state index contributed by atoms with van der Waals surface area (Å²) in [5.74, 6) is 0.268. The molecule has 98 valence electrons. The summed E-state index contributed by atoms with van der Waals surface area (Å²) in [7, 11) is 0. The number of rotatable bonds is 6. The van der Waals surface area contributed by atoms with Crippen molar-refractivity contribution in [3.05, 3.63) is 12.7 Å². The van der Waals surface area contributed by atoms with E-state index in [9.17, 15) is 4.79 Å². The third-order valence-electron chi connectivity index (χ3n) is 3.73. The van der Waals surface area contributed by atoms with Gasteiger partial charge in [0.1, 0.15) is 5.54 Å². The van der Waals surface area contributed by atoms with Gasteiger partial charge < -0.3 is 4.74 Å². The van der Waals surface area contributed by atoms with Crippen molar-refractivity contribution in [3.8, 4) is 0 Å². The summed E-state index contributed by atoms with van der Waals surface area (Å²) in [6.45, 7) is 8.62. The fourth-order valence-electron chi connectivity index (χ4n) is 2.63. The van der Waals surface area contributed by atoms with E-state index in [0.717, 1.165) is 12.8 Å². The number of esters is 1. The predicted octanol–water partition coefficient (Wildman–Crippen LogP) is 2.66. The molecule has 0 amide bonds. The van der Waals surface area contributed by atoms with Crippen LogP contribution in [-0.4, -0.2) is 24.7 Å². The van der Waals surface area contributed by atoms with Crippen molar-refractivity contribution >= 4 is 5.97 Å². The minimum Gasteiger partial charge on any atom is -0.465 e. The van der Waals surface area contributed by atoms with Gasteiger partial charge in [0.25, 0.3) is 0 Å². The Bertz CT molecular complexity index is 259. The maximum Gasteiger partial charge on any atom is 0.326 e. The minimum absolute atomic E-state index is 0.117. The predicted molar refractivity (Wildman–Crippen MR) is 69.8 cm³/mol. The Morgan fingerprint density at radius 3 is 2.65 bits per heavy atom. The fraction of sp³-hybridized carbons (Fsp3) is 0.786. The zero-order chi connectivity index (χ0) is 12.7. The van der Waals surface area contributed by atoms with E-state index in [1.54, 1.807) is 6.08 Å². The quantitative estimate of drug-likeness (QED) is 0.572. The third-order valence-corrected chi connectivity index (χ3v) is 3.73. The molecule has 0 saturated heterocycles. The van der Waals surface area contributed by atoms with Gasteiger partial charge in [-0.05, 0) is 32.6 Å². The number of nitrogens with one attached hydrogen (secondary N) is 1. The summed E-state index contributed by atoms with van der Waals surface area (Å²) < 4.78 is 5.22. The lowest BCUT2D eigenvalue weighted by Gasteiger charge is -2.38. The first-order chi connectivity index (χ1) is 8.15. The summed E-state index contributed by atoms with van der Waals surface area (Å²) in [4.78, 5) is 12.2. The molecule has 1 N–H and O–H groups in total. The first-order valence-corrected chi connectivity index (χ1v) is 6.68. The molecule has 1 saturated carbocycles. The second kappa shape index (κ2) is 6.80. The summed E-state index contributed by atoms with van der Waals surface area (Å²) in [5, 5.41) is 3.31. The maximum atomic E-state index is 12.2. The summed E-state index contributed by atoms with van der Waals surface area (Å²) in [5.41, 5.74) is -0.551. The highest BCUT2D eigenvalue weighted by Crippen LogP contribution is 2.33. The zero-order valence-corrected chi connectivity index (χ0v) is 11.1. The van der Waals surface area contributed by atoms with Gasteiger partial charge in [-0.25, -0.2) is 0 Å². The molecule has 1 aliphatic carbocycles. The molecule has 3 heteroatoms. The van der Waals surface area contributed by atoms with Crippen molar-refractivity contribution in [2.75, 3.05) is 13.2 Å². The zero-order valence-electron chi connectivity index (χ0n) is 11.1. The van der Waals surface area contributed by atoms with Gasteiger partial charge in [-0.15, -0.1) is 6.58 Å². The SMILES string of the molecule is C=CCNC(C)(C(=O)OCC)C1CCCCC1. The van der Waals surface area contributed by atoms with Crippen LogP contribution in [0.1, 0.15) is 46.0 Å². The first-order valence-electron chi connectivity index (χ1n) is 6.68. The Morgan fingerprint density at radius 2 is 2.12 bits per heavy atom. The van der Waals surface area contributed by atoms with Gasteiger partial charge in [0.2, 0.25) is 0 Å². The van der Waals surface area contributed by atoms with Crippen molar-refractivity contribution in [2.45, 2.75) is 51.5 Å². The Balaban J connectivity index is 2.74. The van der Waals surface area contributed by atoms with Crippen LogP contribution in [0.5, 0.6) is 0 Å². The molecule has 0 heterocycles. The average Bonchev–Trinajstić information content (AvgIpc) is 2.37. The van der Waals surface area contributed by atoms with E-state index in [1.807, 2.05) is 13.8 Å². The lowest BCUT2D eigenvalue weighted by molar-refractivity contribution is -0.153. The van der Waals surface area contributed by atoms with E-state index in [4.69, 9.17) is 4.74 Å². The lowest BCUT2D eigenvalue weighted by Crippen LogP contribution is -2.56. The molecule has 1 atom stereocenters. The molecule has 1 aliphatic rings. The van der Waals surface area contributed by atoms with Crippen LogP contribution in [0, 0.1) is 5.92 Å².